The highest BCUT2D eigenvalue weighted by Gasteiger charge is 2.48. The van der Waals surface area contributed by atoms with Crippen molar-refractivity contribution in [2.45, 2.75) is 249 Å². The number of rotatable bonds is 40. The average molecular weight is 862 g/mol. The standard InChI is InChI=1S/C46H87NO11S/c1-3-5-7-9-11-13-14-15-16-17-18-19-20-21-22-23-24-25-26-28-30-32-34-36-42(50)47-39(40(49)35-33-31-29-27-12-10-8-6-4-2)38-56-46-44(52)45(58-59(53,54)55)43(51)41(37-48)57-46/h18-19,21-22,39-41,43-46,48-49,51-52H,3-17,20,23-38H2,1-2H3,(H,47,50)(H,53,54,55)/b19-18-,22-21-. The minimum absolute atomic E-state index is 0.240. The summed E-state index contributed by atoms with van der Waals surface area (Å²) in [5, 5.41) is 44.7. The van der Waals surface area contributed by atoms with Crippen molar-refractivity contribution in [1.82, 2.24) is 5.32 Å². The Hall–Kier alpha value is -1.42. The van der Waals surface area contributed by atoms with Crippen molar-refractivity contribution < 1.29 is 51.8 Å². The second-order valence-electron chi connectivity index (χ2n) is 16.7. The molecule has 1 aliphatic heterocycles. The maximum Gasteiger partial charge on any atom is 0.397 e. The lowest BCUT2D eigenvalue weighted by atomic mass is 9.99. The van der Waals surface area contributed by atoms with E-state index in [-0.39, 0.29) is 18.9 Å². The lowest BCUT2D eigenvalue weighted by molar-refractivity contribution is -0.298. The maximum absolute atomic E-state index is 13.0. The SMILES string of the molecule is CCCCCCCCCCC/C=C\C/C=C\CCCCCCCCCC(=O)NC(COC1OC(CO)C(O)C(OS(=O)(=O)O)C1O)C(O)CCCCCCCCCCC. The molecule has 0 aromatic heterocycles. The first-order chi connectivity index (χ1) is 28.5. The van der Waals surface area contributed by atoms with Crippen molar-refractivity contribution >= 4 is 16.3 Å². The van der Waals surface area contributed by atoms with Gasteiger partial charge in [0.2, 0.25) is 5.91 Å². The Labute approximate surface area is 359 Å². The summed E-state index contributed by atoms with van der Waals surface area (Å²) in [5.74, 6) is -0.240. The van der Waals surface area contributed by atoms with E-state index in [1.807, 2.05) is 0 Å². The van der Waals surface area contributed by atoms with Gasteiger partial charge in [-0.3, -0.25) is 9.35 Å². The average Bonchev–Trinajstić information content (AvgIpc) is 3.20. The summed E-state index contributed by atoms with van der Waals surface area (Å²) in [6.07, 6.45) is 33.4. The molecule has 6 N–H and O–H groups in total. The fourth-order valence-electron chi connectivity index (χ4n) is 7.55. The van der Waals surface area contributed by atoms with Gasteiger partial charge in [-0.05, 0) is 44.9 Å². The van der Waals surface area contributed by atoms with E-state index in [2.05, 4.69) is 47.7 Å². The van der Waals surface area contributed by atoms with Crippen LogP contribution in [0, 0.1) is 0 Å². The normalized spacial score (nSPS) is 21.1. The van der Waals surface area contributed by atoms with Crippen LogP contribution < -0.4 is 5.32 Å². The molecule has 7 unspecified atom stereocenters. The van der Waals surface area contributed by atoms with Gasteiger partial charge >= 0.3 is 10.4 Å². The second kappa shape index (κ2) is 37.2. The van der Waals surface area contributed by atoms with Gasteiger partial charge in [0.15, 0.2) is 6.29 Å². The summed E-state index contributed by atoms with van der Waals surface area (Å²) in [6.45, 7) is 3.41. The van der Waals surface area contributed by atoms with Crippen molar-refractivity contribution in [3.05, 3.63) is 24.3 Å². The lowest BCUT2D eigenvalue weighted by Gasteiger charge is -2.41. The molecule has 0 aliphatic carbocycles. The predicted molar refractivity (Wildman–Crippen MR) is 236 cm³/mol. The van der Waals surface area contributed by atoms with Crippen LogP contribution in [0.3, 0.4) is 0 Å². The van der Waals surface area contributed by atoms with Gasteiger partial charge in [0, 0.05) is 6.42 Å². The van der Waals surface area contributed by atoms with E-state index in [0.29, 0.717) is 12.8 Å². The van der Waals surface area contributed by atoms with Crippen molar-refractivity contribution in [3.63, 3.8) is 0 Å². The Morgan fingerprint density at radius 3 is 1.61 bits per heavy atom. The number of carbonyl (C=O) groups is 1. The molecule has 1 fully saturated rings. The number of hydrogen-bond donors (Lipinski definition) is 6. The van der Waals surface area contributed by atoms with Crippen molar-refractivity contribution in [1.29, 1.82) is 0 Å². The van der Waals surface area contributed by atoms with E-state index >= 15 is 0 Å². The summed E-state index contributed by atoms with van der Waals surface area (Å²) in [5.41, 5.74) is 0. The lowest BCUT2D eigenvalue weighted by Crippen LogP contribution is -2.61. The molecule has 1 heterocycles. The highest BCUT2D eigenvalue weighted by Crippen LogP contribution is 2.26. The number of aliphatic hydroxyl groups excluding tert-OH is 4. The fourth-order valence-corrected chi connectivity index (χ4v) is 8.06. The number of carbonyl (C=O) groups excluding carboxylic acids is 1. The van der Waals surface area contributed by atoms with Gasteiger partial charge < -0.3 is 35.2 Å². The Kier molecular flexibility index (Phi) is 35.0. The van der Waals surface area contributed by atoms with E-state index in [9.17, 15) is 33.6 Å². The van der Waals surface area contributed by atoms with Crippen LogP contribution in [0.15, 0.2) is 24.3 Å². The van der Waals surface area contributed by atoms with E-state index in [4.69, 9.17) is 14.0 Å². The smallest absolute Gasteiger partial charge is 0.394 e. The molecule has 348 valence electrons. The molecule has 0 bridgehead atoms. The van der Waals surface area contributed by atoms with E-state index < -0.39 is 59.9 Å². The molecule has 1 amide bonds. The first-order valence-electron chi connectivity index (χ1n) is 23.7. The molecule has 59 heavy (non-hydrogen) atoms. The number of unbranched alkanes of at least 4 members (excludes halogenated alkanes) is 24. The Bertz CT molecular complexity index is 1150. The van der Waals surface area contributed by atoms with Crippen LogP contribution in [0.5, 0.6) is 0 Å². The summed E-state index contributed by atoms with van der Waals surface area (Å²) in [4.78, 5) is 13.0. The van der Waals surface area contributed by atoms with Crippen LogP contribution >= 0.6 is 0 Å². The molecule has 1 saturated heterocycles. The van der Waals surface area contributed by atoms with Crippen molar-refractivity contribution in [3.8, 4) is 0 Å². The topological polar surface area (TPSA) is 192 Å². The van der Waals surface area contributed by atoms with Gasteiger partial charge in [0.25, 0.3) is 0 Å². The molecule has 7 atom stereocenters. The fraction of sp³-hybridized carbons (Fsp3) is 0.891. The largest absolute Gasteiger partial charge is 0.397 e. The Balaban J connectivity index is 2.39. The van der Waals surface area contributed by atoms with Crippen LogP contribution in [0.2, 0.25) is 0 Å². The van der Waals surface area contributed by atoms with Crippen LogP contribution in [-0.4, -0.2) is 95.4 Å². The number of ether oxygens (including phenoxy) is 2. The quantitative estimate of drug-likeness (QED) is 0.0195. The van der Waals surface area contributed by atoms with Gasteiger partial charge in [0.1, 0.15) is 24.4 Å². The molecule has 0 radical (unpaired) electrons. The molecular formula is C46H87NO11S. The van der Waals surface area contributed by atoms with Gasteiger partial charge in [-0.1, -0.05) is 179 Å². The Morgan fingerprint density at radius 1 is 0.678 bits per heavy atom. The third-order valence-corrected chi connectivity index (χ3v) is 11.7. The third kappa shape index (κ3) is 30.3. The molecule has 0 spiro atoms. The first kappa shape index (κ1) is 55.6. The highest BCUT2D eigenvalue weighted by molar-refractivity contribution is 7.80. The van der Waals surface area contributed by atoms with Crippen LogP contribution in [0.1, 0.15) is 206 Å². The van der Waals surface area contributed by atoms with Crippen LogP contribution in [0.4, 0.5) is 0 Å². The number of hydrogen-bond acceptors (Lipinski definition) is 10. The zero-order chi connectivity index (χ0) is 43.4. The monoisotopic (exact) mass is 862 g/mol. The second-order valence-corrected chi connectivity index (χ2v) is 17.7. The van der Waals surface area contributed by atoms with Gasteiger partial charge in [-0.15, -0.1) is 0 Å². The Morgan fingerprint density at radius 2 is 1.14 bits per heavy atom. The van der Waals surface area contributed by atoms with Crippen LogP contribution in [0.25, 0.3) is 0 Å². The molecule has 0 aromatic rings. The van der Waals surface area contributed by atoms with E-state index in [1.165, 1.54) is 116 Å². The van der Waals surface area contributed by atoms with Gasteiger partial charge in [-0.25, -0.2) is 4.18 Å². The van der Waals surface area contributed by atoms with Gasteiger partial charge in [-0.2, -0.15) is 8.42 Å². The van der Waals surface area contributed by atoms with Crippen molar-refractivity contribution in [2.24, 2.45) is 0 Å². The number of aliphatic hydroxyl groups is 4. The summed E-state index contributed by atoms with van der Waals surface area (Å²) >= 11 is 0. The number of amides is 1. The maximum atomic E-state index is 13.0. The molecule has 12 nitrogen and oxygen atoms in total. The summed E-state index contributed by atoms with van der Waals surface area (Å²) in [7, 11) is -5.07. The zero-order valence-electron chi connectivity index (χ0n) is 37.1. The summed E-state index contributed by atoms with van der Waals surface area (Å²) in [6, 6.07) is -0.859. The zero-order valence-corrected chi connectivity index (χ0v) is 37.9. The predicted octanol–water partition coefficient (Wildman–Crippen LogP) is 9.33. The number of nitrogens with one attached hydrogen (secondary N) is 1. The molecule has 1 aliphatic rings. The molecule has 1 rings (SSSR count). The molecule has 0 aromatic carbocycles. The number of allylic oxidation sites excluding steroid dienone is 4. The van der Waals surface area contributed by atoms with Crippen molar-refractivity contribution in [2.75, 3.05) is 13.2 Å². The minimum atomic E-state index is -5.07. The van der Waals surface area contributed by atoms with Gasteiger partial charge in [0.05, 0.1) is 25.4 Å². The minimum Gasteiger partial charge on any atom is -0.394 e. The molecule has 0 saturated carbocycles. The summed E-state index contributed by atoms with van der Waals surface area (Å²) < 4.78 is 47.5. The van der Waals surface area contributed by atoms with Crippen LogP contribution in [-0.2, 0) is 28.9 Å². The third-order valence-electron chi connectivity index (χ3n) is 11.3. The van der Waals surface area contributed by atoms with E-state index in [1.54, 1.807) is 0 Å². The van der Waals surface area contributed by atoms with E-state index in [0.717, 1.165) is 57.8 Å². The molecular weight excluding hydrogens is 775 g/mol. The highest BCUT2D eigenvalue weighted by atomic mass is 32.3. The first-order valence-corrected chi connectivity index (χ1v) is 25.1. The molecule has 13 heteroatoms.